The first-order valence-electron chi connectivity index (χ1n) is 25.6. The highest BCUT2D eigenvalue weighted by Crippen LogP contribution is 2.49. The van der Waals surface area contributed by atoms with Crippen molar-refractivity contribution >= 4 is 27.6 Å². The van der Waals surface area contributed by atoms with Gasteiger partial charge in [0.25, 0.3) is 0 Å². The maximum Gasteiger partial charge on any atom is 0.472 e. The zero-order valence-corrected chi connectivity index (χ0v) is 43.6. The van der Waals surface area contributed by atoms with Crippen LogP contribution >= 0.6 is 15.6 Å². The van der Waals surface area contributed by atoms with Crippen LogP contribution in [0.3, 0.4) is 0 Å². The first kappa shape index (κ1) is 65.4. The first-order valence-corrected chi connectivity index (χ1v) is 28.6. The molecule has 1 saturated carbocycles. The summed E-state index contributed by atoms with van der Waals surface area (Å²) in [4.78, 5) is 54.4. The Balaban J connectivity index is 2.61. The second kappa shape index (κ2) is 40.8. The molecule has 1 fully saturated rings. The lowest BCUT2D eigenvalue weighted by Crippen LogP contribution is -2.64. The Morgan fingerprint density at radius 2 is 1.01 bits per heavy atom. The summed E-state index contributed by atoms with van der Waals surface area (Å²) in [5, 5.41) is 51.4. The zero-order valence-electron chi connectivity index (χ0n) is 41.8. The molecule has 0 amide bonds. The molecule has 404 valence electrons. The second-order valence-electron chi connectivity index (χ2n) is 17.7. The van der Waals surface area contributed by atoms with Crippen LogP contribution in [0.15, 0.2) is 72.9 Å². The lowest BCUT2D eigenvalue weighted by molar-refractivity contribution is -0.216. The molecule has 0 bridgehead atoms. The van der Waals surface area contributed by atoms with Gasteiger partial charge in [0, 0.05) is 12.8 Å². The number of phosphoric ester groups is 2. The molecule has 5 unspecified atom stereocenters. The lowest BCUT2D eigenvalue weighted by Gasteiger charge is -2.43. The number of allylic oxidation sites excluding steroid dienone is 10. The summed E-state index contributed by atoms with van der Waals surface area (Å²) in [5.74, 6) is -1.32. The van der Waals surface area contributed by atoms with E-state index in [0.29, 0.717) is 32.1 Å². The van der Waals surface area contributed by atoms with Gasteiger partial charge in [-0.1, -0.05) is 157 Å². The third kappa shape index (κ3) is 34.7. The summed E-state index contributed by atoms with van der Waals surface area (Å²) in [6.45, 7) is 2.94. The van der Waals surface area contributed by atoms with E-state index in [1.807, 2.05) is 30.4 Å². The van der Waals surface area contributed by atoms with Gasteiger partial charge < -0.3 is 49.7 Å². The molecular formula is C51H88O17P2. The molecule has 70 heavy (non-hydrogen) atoms. The van der Waals surface area contributed by atoms with E-state index in [0.717, 1.165) is 64.2 Å². The van der Waals surface area contributed by atoms with Crippen molar-refractivity contribution in [1.82, 2.24) is 0 Å². The van der Waals surface area contributed by atoms with Crippen molar-refractivity contribution in [2.75, 3.05) is 13.2 Å². The molecule has 17 nitrogen and oxygen atoms in total. The Kier molecular flexibility index (Phi) is 38.2. The van der Waals surface area contributed by atoms with Crippen molar-refractivity contribution in [2.24, 2.45) is 0 Å². The maximum absolute atomic E-state index is 13.0. The smallest absolute Gasteiger partial charge is 0.462 e. The SMILES string of the molecule is CCCCC/C=C\C/C=C\CCCCCCCCCCCC(=O)OC[C@H](COP(=O)(O)O[C@H]1C(O)C(O)C(O)[C@@H](OP(=O)(O)O)C1O)OC(=O)CCC/C=C\C/C=C\C=C\[C@@H](O)C/C=C\CCCCC. The number of hydrogen-bond donors (Lipinski definition) is 8. The monoisotopic (exact) mass is 1030 g/mol. The van der Waals surface area contributed by atoms with E-state index in [1.54, 1.807) is 12.2 Å². The molecule has 9 atom stereocenters. The van der Waals surface area contributed by atoms with Crippen molar-refractivity contribution < 1.29 is 82.0 Å². The topological polar surface area (TPSA) is 276 Å². The minimum absolute atomic E-state index is 0.0675. The van der Waals surface area contributed by atoms with Gasteiger partial charge in [0.05, 0.1) is 12.7 Å². The number of carbonyl (C=O) groups is 2. The molecule has 0 saturated heterocycles. The quantitative estimate of drug-likeness (QED) is 0.00929. The van der Waals surface area contributed by atoms with E-state index in [1.165, 1.54) is 51.4 Å². The van der Waals surface area contributed by atoms with Gasteiger partial charge in [-0.25, -0.2) is 9.13 Å². The van der Waals surface area contributed by atoms with Gasteiger partial charge in [0.1, 0.15) is 43.2 Å². The third-order valence-electron chi connectivity index (χ3n) is 11.3. The predicted octanol–water partition coefficient (Wildman–Crippen LogP) is 9.37. The predicted molar refractivity (Wildman–Crippen MR) is 270 cm³/mol. The number of carbonyl (C=O) groups excluding carboxylic acids is 2. The summed E-state index contributed by atoms with van der Waals surface area (Å²) in [5.41, 5.74) is 0. The number of hydrogen-bond acceptors (Lipinski definition) is 14. The van der Waals surface area contributed by atoms with Crippen molar-refractivity contribution in [2.45, 2.75) is 223 Å². The van der Waals surface area contributed by atoms with Crippen LogP contribution < -0.4 is 0 Å². The molecule has 1 aliphatic rings. The highest BCUT2D eigenvalue weighted by Gasteiger charge is 2.54. The Hall–Kier alpha value is -2.60. The van der Waals surface area contributed by atoms with Crippen LogP contribution in [0.4, 0.5) is 0 Å². The van der Waals surface area contributed by atoms with E-state index in [9.17, 15) is 58.9 Å². The number of unbranched alkanes of at least 4 members (excludes halogenated alkanes) is 16. The number of phosphoric acid groups is 2. The Bertz CT molecular complexity index is 1640. The van der Waals surface area contributed by atoms with Gasteiger partial charge in [0.2, 0.25) is 0 Å². The average molecular weight is 1040 g/mol. The second-order valence-corrected chi connectivity index (χ2v) is 20.3. The summed E-state index contributed by atoms with van der Waals surface area (Å²) in [7, 11) is -10.7. The van der Waals surface area contributed by atoms with Crippen molar-refractivity contribution in [1.29, 1.82) is 0 Å². The molecule has 0 heterocycles. The van der Waals surface area contributed by atoms with E-state index >= 15 is 0 Å². The minimum atomic E-state index is -5.38. The highest BCUT2D eigenvalue weighted by molar-refractivity contribution is 7.47. The molecule has 0 spiro atoms. The van der Waals surface area contributed by atoms with Crippen LogP contribution in [-0.2, 0) is 41.8 Å². The summed E-state index contributed by atoms with van der Waals surface area (Å²) in [6.07, 6.45) is 31.6. The van der Waals surface area contributed by atoms with Gasteiger partial charge in [-0.15, -0.1) is 0 Å². The number of aliphatic hydroxyl groups excluding tert-OH is 5. The van der Waals surface area contributed by atoms with E-state index in [-0.39, 0.29) is 12.8 Å². The third-order valence-corrected chi connectivity index (χ3v) is 12.8. The summed E-state index contributed by atoms with van der Waals surface area (Å²) >= 11 is 0. The van der Waals surface area contributed by atoms with E-state index in [4.69, 9.17) is 18.5 Å². The van der Waals surface area contributed by atoms with Crippen molar-refractivity contribution in [3.8, 4) is 0 Å². The number of aliphatic hydroxyl groups is 5. The fourth-order valence-electron chi connectivity index (χ4n) is 7.31. The van der Waals surface area contributed by atoms with Crippen LogP contribution in [0.5, 0.6) is 0 Å². The van der Waals surface area contributed by atoms with Gasteiger partial charge >= 0.3 is 27.6 Å². The largest absolute Gasteiger partial charge is 0.472 e. The van der Waals surface area contributed by atoms with E-state index in [2.05, 4.69) is 48.8 Å². The summed E-state index contributed by atoms with van der Waals surface area (Å²) < 4.78 is 49.4. The fraction of sp³-hybridized carbons (Fsp3) is 0.725. The molecule has 0 aliphatic heterocycles. The minimum Gasteiger partial charge on any atom is -0.462 e. The van der Waals surface area contributed by atoms with Gasteiger partial charge in [-0.2, -0.15) is 0 Å². The normalized spacial score (nSPS) is 22.0. The average Bonchev–Trinajstić information content (AvgIpc) is 3.31. The van der Waals surface area contributed by atoms with Crippen LogP contribution in [0.1, 0.15) is 174 Å². The molecule has 19 heteroatoms. The molecule has 8 N–H and O–H groups in total. The van der Waals surface area contributed by atoms with Crippen LogP contribution in [0.2, 0.25) is 0 Å². The first-order chi connectivity index (χ1) is 33.5. The van der Waals surface area contributed by atoms with Crippen molar-refractivity contribution in [3.63, 3.8) is 0 Å². The molecule has 1 aliphatic carbocycles. The van der Waals surface area contributed by atoms with Gasteiger partial charge in [0.15, 0.2) is 6.10 Å². The number of ether oxygens (including phenoxy) is 2. The maximum atomic E-state index is 13.0. The Morgan fingerprint density at radius 1 is 0.529 bits per heavy atom. The molecule has 0 aromatic rings. The molecular weight excluding hydrogens is 946 g/mol. The van der Waals surface area contributed by atoms with Gasteiger partial charge in [-0.3, -0.25) is 23.2 Å². The molecule has 0 aromatic carbocycles. The van der Waals surface area contributed by atoms with Crippen molar-refractivity contribution in [3.05, 3.63) is 72.9 Å². The molecule has 0 radical (unpaired) electrons. The van der Waals surface area contributed by atoms with Crippen LogP contribution in [0, 0.1) is 0 Å². The van der Waals surface area contributed by atoms with Crippen LogP contribution in [0.25, 0.3) is 0 Å². The lowest BCUT2D eigenvalue weighted by atomic mass is 9.85. The highest BCUT2D eigenvalue weighted by atomic mass is 31.2. The molecule has 0 aromatic heterocycles. The zero-order chi connectivity index (χ0) is 51.9. The van der Waals surface area contributed by atoms with Gasteiger partial charge in [-0.05, 0) is 77.0 Å². The number of rotatable bonds is 42. The Labute approximate surface area is 417 Å². The standard InChI is InChI=1S/C51H88O17P2/c1-3-5-7-9-11-12-13-14-15-16-17-18-19-20-21-22-26-30-34-38-44(53)64-40-43(41-65-70(62,63)68-51-48(57)46(55)47(56)50(49(51)58)67-69(59,60)61)66-45(54)39-35-31-27-24-23-25-29-33-37-42(52)36-32-28-10-8-6-4-2/h11-12,14-15,24-25,27-29,32-33,37,42-43,46-52,55-58H,3-10,13,16-23,26,30-31,34-36,38-41H2,1-2H3,(H,62,63)(H2,59,60,61)/b12-11-,15-14-,27-24-,29-25-,32-28-,37-33+/t42-,43+,46?,47?,48?,49?,50+,51-/m0/s1. The molecule has 1 rings (SSSR count). The summed E-state index contributed by atoms with van der Waals surface area (Å²) in [6, 6.07) is 0. The van der Waals surface area contributed by atoms with Crippen LogP contribution in [-0.4, -0.2) is 114 Å². The van der Waals surface area contributed by atoms with E-state index < -0.39 is 89.6 Å². The Morgan fingerprint density at radius 3 is 1.59 bits per heavy atom. The number of esters is 2. The fourth-order valence-corrected chi connectivity index (χ4v) is 8.85.